The van der Waals surface area contributed by atoms with Crippen molar-refractivity contribution >= 4 is 6.21 Å². The normalized spacial score (nSPS) is 20.5. The number of hydrogen-bond acceptors (Lipinski definition) is 6. The first-order chi connectivity index (χ1) is 10.7. The van der Waals surface area contributed by atoms with E-state index in [1.807, 2.05) is 37.3 Å². The molecule has 0 aliphatic carbocycles. The second kappa shape index (κ2) is 7.26. The summed E-state index contributed by atoms with van der Waals surface area (Å²) in [6.45, 7) is 2.28. The maximum absolute atomic E-state index is 9.24. The zero-order valence-corrected chi connectivity index (χ0v) is 12.4. The van der Waals surface area contributed by atoms with Gasteiger partial charge >= 0.3 is 0 Å². The van der Waals surface area contributed by atoms with E-state index in [1.165, 1.54) is 0 Å². The number of nitriles is 2. The van der Waals surface area contributed by atoms with E-state index in [4.69, 9.17) is 9.47 Å². The Bertz CT molecular complexity index is 665. The highest BCUT2D eigenvalue weighted by atomic mass is 16.5. The topological polar surface area (TPSA) is 90.4 Å². The SMILES string of the molecule is CCOC1NC(/N=C/c2ccc(OC)cc2)=C(C#N)C1C#N. The first kappa shape index (κ1) is 15.6. The minimum atomic E-state index is -0.645. The lowest BCUT2D eigenvalue weighted by Gasteiger charge is -2.14. The van der Waals surface area contributed by atoms with E-state index in [-0.39, 0.29) is 0 Å². The molecular weight excluding hydrogens is 280 g/mol. The van der Waals surface area contributed by atoms with Crippen LogP contribution in [0, 0.1) is 28.6 Å². The van der Waals surface area contributed by atoms with E-state index in [9.17, 15) is 10.5 Å². The minimum Gasteiger partial charge on any atom is -0.497 e. The Kier molecular flexibility index (Phi) is 5.13. The molecule has 1 aliphatic rings. The molecule has 0 saturated heterocycles. The molecule has 0 amide bonds. The van der Waals surface area contributed by atoms with Gasteiger partial charge in [-0.15, -0.1) is 0 Å². The molecule has 1 aromatic carbocycles. The lowest BCUT2D eigenvalue weighted by molar-refractivity contribution is 0.0375. The largest absolute Gasteiger partial charge is 0.497 e. The number of ether oxygens (including phenoxy) is 2. The number of benzene rings is 1. The Labute approximate surface area is 129 Å². The number of methoxy groups -OCH3 is 1. The van der Waals surface area contributed by atoms with E-state index in [2.05, 4.69) is 16.4 Å². The predicted molar refractivity (Wildman–Crippen MR) is 80.9 cm³/mol. The predicted octanol–water partition coefficient (Wildman–Crippen LogP) is 1.95. The molecule has 112 valence electrons. The fraction of sp³-hybridized carbons (Fsp3) is 0.312. The molecule has 0 spiro atoms. The molecule has 22 heavy (non-hydrogen) atoms. The van der Waals surface area contributed by atoms with Crippen molar-refractivity contribution in [1.82, 2.24) is 5.32 Å². The second-order valence-electron chi connectivity index (χ2n) is 4.53. The molecule has 0 saturated carbocycles. The highest BCUT2D eigenvalue weighted by Gasteiger charge is 2.35. The first-order valence-electron chi connectivity index (χ1n) is 6.83. The Morgan fingerprint density at radius 2 is 2.05 bits per heavy atom. The molecule has 1 aliphatic heterocycles. The summed E-state index contributed by atoms with van der Waals surface area (Å²) in [4.78, 5) is 4.28. The zero-order chi connectivity index (χ0) is 15.9. The quantitative estimate of drug-likeness (QED) is 0.839. The van der Waals surface area contributed by atoms with Gasteiger partial charge in [0.15, 0.2) is 0 Å². The Morgan fingerprint density at radius 1 is 1.32 bits per heavy atom. The summed E-state index contributed by atoms with van der Waals surface area (Å²) in [6.07, 6.45) is 1.09. The van der Waals surface area contributed by atoms with Crippen molar-refractivity contribution in [2.24, 2.45) is 10.9 Å². The third-order valence-electron chi connectivity index (χ3n) is 3.21. The highest BCUT2D eigenvalue weighted by molar-refractivity contribution is 5.80. The van der Waals surface area contributed by atoms with Gasteiger partial charge in [-0.25, -0.2) is 4.99 Å². The molecule has 6 nitrogen and oxygen atoms in total. The van der Waals surface area contributed by atoms with Crippen molar-refractivity contribution in [3.8, 4) is 17.9 Å². The number of aliphatic imine (C=N–C) groups is 1. The molecule has 2 atom stereocenters. The average molecular weight is 296 g/mol. The summed E-state index contributed by atoms with van der Waals surface area (Å²) in [5.41, 5.74) is 1.16. The zero-order valence-electron chi connectivity index (χ0n) is 12.4. The van der Waals surface area contributed by atoms with Gasteiger partial charge < -0.3 is 14.8 Å². The minimum absolute atomic E-state index is 0.297. The van der Waals surface area contributed by atoms with E-state index in [1.54, 1.807) is 13.3 Å². The van der Waals surface area contributed by atoms with Crippen molar-refractivity contribution in [2.75, 3.05) is 13.7 Å². The van der Waals surface area contributed by atoms with Crippen LogP contribution in [0.25, 0.3) is 0 Å². The molecule has 1 heterocycles. The van der Waals surface area contributed by atoms with Crippen LogP contribution in [0.3, 0.4) is 0 Å². The molecule has 1 aromatic rings. The summed E-state index contributed by atoms with van der Waals surface area (Å²) in [5.74, 6) is 0.491. The van der Waals surface area contributed by atoms with E-state index in [0.29, 0.717) is 18.0 Å². The second-order valence-corrected chi connectivity index (χ2v) is 4.53. The lowest BCUT2D eigenvalue weighted by Crippen LogP contribution is -2.31. The van der Waals surface area contributed by atoms with Crippen molar-refractivity contribution < 1.29 is 9.47 Å². The maximum Gasteiger partial charge on any atom is 0.149 e. The molecule has 1 N–H and O–H groups in total. The Morgan fingerprint density at radius 3 is 2.59 bits per heavy atom. The highest BCUT2D eigenvalue weighted by Crippen LogP contribution is 2.26. The van der Waals surface area contributed by atoms with Crippen LogP contribution >= 0.6 is 0 Å². The fourth-order valence-corrected chi connectivity index (χ4v) is 2.10. The van der Waals surface area contributed by atoms with E-state index in [0.717, 1.165) is 11.3 Å². The Balaban J connectivity index is 2.21. The van der Waals surface area contributed by atoms with Crippen LogP contribution in [-0.2, 0) is 4.74 Å². The first-order valence-corrected chi connectivity index (χ1v) is 6.83. The molecule has 0 bridgehead atoms. The van der Waals surface area contributed by atoms with Gasteiger partial charge in [-0.05, 0) is 36.8 Å². The van der Waals surface area contributed by atoms with Gasteiger partial charge in [0.2, 0.25) is 0 Å². The number of nitrogens with one attached hydrogen (secondary N) is 1. The van der Waals surface area contributed by atoms with Gasteiger partial charge in [0.1, 0.15) is 29.8 Å². The summed E-state index contributed by atoms with van der Waals surface area (Å²) >= 11 is 0. The van der Waals surface area contributed by atoms with Crippen molar-refractivity contribution in [3.63, 3.8) is 0 Å². The third-order valence-corrected chi connectivity index (χ3v) is 3.21. The maximum atomic E-state index is 9.24. The number of nitrogens with zero attached hydrogens (tertiary/aromatic N) is 3. The molecule has 0 radical (unpaired) electrons. The van der Waals surface area contributed by atoms with E-state index >= 15 is 0 Å². The molecule has 6 heteroatoms. The monoisotopic (exact) mass is 296 g/mol. The summed E-state index contributed by atoms with van der Waals surface area (Å²) < 4.78 is 10.5. The van der Waals surface area contributed by atoms with E-state index < -0.39 is 12.1 Å². The summed E-state index contributed by atoms with van der Waals surface area (Å²) in [5, 5.41) is 21.4. The van der Waals surface area contributed by atoms with Gasteiger partial charge in [-0.1, -0.05) is 0 Å². The van der Waals surface area contributed by atoms with Crippen LogP contribution in [0.4, 0.5) is 0 Å². The third kappa shape index (κ3) is 3.25. The number of rotatable bonds is 5. The van der Waals surface area contributed by atoms with Gasteiger partial charge in [-0.3, -0.25) is 0 Å². The molecular formula is C16H16N4O2. The van der Waals surface area contributed by atoms with Crippen LogP contribution in [0.2, 0.25) is 0 Å². The van der Waals surface area contributed by atoms with Crippen LogP contribution in [0.5, 0.6) is 5.75 Å². The van der Waals surface area contributed by atoms with Crippen LogP contribution in [0.1, 0.15) is 12.5 Å². The van der Waals surface area contributed by atoms with Crippen molar-refractivity contribution in [3.05, 3.63) is 41.2 Å². The smallest absolute Gasteiger partial charge is 0.149 e. The molecule has 0 aromatic heterocycles. The van der Waals surface area contributed by atoms with Crippen molar-refractivity contribution in [1.29, 1.82) is 10.5 Å². The van der Waals surface area contributed by atoms with Crippen LogP contribution in [-0.4, -0.2) is 26.2 Å². The lowest BCUT2D eigenvalue weighted by atomic mass is 10.0. The van der Waals surface area contributed by atoms with Gasteiger partial charge in [-0.2, -0.15) is 10.5 Å². The van der Waals surface area contributed by atoms with Crippen molar-refractivity contribution in [2.45, 2.75) is 13.2 Å². The van der Waals surface area contributed by atoms with Gasteiger partial charge in [0, 0.05) is 12.8 Å². The standard InChI is InChI=1S/C16H16N4O2/c1-3-22-16-14(9-18)13(8-17)15(20-16)19-10-11-4-6-12(21-2)7-5-11/h4-7,10,14,16,20H,3H2,1-2H3/b19-10+. The fourth-order valence-electron chi connectivity index (χ4n) is 2.10. The summed E-state index contributed by atoms with van der Waals surface area (Å²) in [7, 11) is 1.60. The van der Waals surface area contributed by atoms with Gasteiger partial charge in [0.25, 0.3) is 0 Å². The number of hydrogen-bond donors (Lipinski definition) is 1. The summed E-state index contributed by atoms with van der Waals surface area (Å²) in [6, 6.07) is 11.5. The molecule has 2 unspecified atom stereocenters. The van der Waals surface area contributed by atoms with Gasteiger partial charge in [0.05, 0.1) is 18.8 Å². The van der Waals surface area contributed by atoms with Crippen LogP contribution < -0.4 is 10.1 Å². The molecule has 0 fully saturated rings. The molecule has 2 rings (SSSR count). The average Bonchev–Trinajstić information content (AvgIpc) is 2.90. The van der Waals surface area contributed by atoms with Crippen LogP contribution in [0.15, 0.2) is 40.7 Å². The Hall–Kier alpha value is -2.83.